The molecule has 0 saturated heterocycles. The van der Waals surface area contributed by atoms with E-state index in [1.165, 1.54) is 32.3 Å². The normalized spacial score (nSPS) is 11.8. The smallest absolute Gasteiger partial charge is 0.238 e. The van der Waals surface area contributed by atoms with E-state index in [1.807, 2.05) is 18.2 Å². The maximum absolute atomic E-state index is 5.52. The molecule has 0 aliphatic carbocycles. The first kappa shape index (κ1) is 38.1. The Morgan fingerprint density at radius 3 is 1.18 bits per heavy atom. The van der Waals surface area contributed by atoms with Gasteiger partial charge in [-0.3, -0.25) is 4.57 Å². The molecule has 0 aliphatic heterocycles. The minimum absolute atomic E-state index is 0.552. The first-order valence-electron chi connectivity index (χ1n) is 23.1. The molecule has 5 heteroatoms. The van der Waals surface area contributed by atoms with E-state index in [-0.39, 0.29) is 0 Å². The van der Waals surface area contributed by atoms with Crippen molar-refractivity contribution in [1.82, 2.24) is 24.1 Å². The molecule has 0 radical (unpaired) electrons. The van der Waals surface area contributed by atoms with Crippen molar-refractivity contribution in [2.75, 3.05) is 0 Å². The molecule has 0 unspecified atom stereocenters. The van der Waals surface area contributed by atoms with Crippen molar-refractivity contribution in [3.63, 3.8) is 0 Å². The van der Waals surface area contributed by atoms with E-state index in [2.05, 4.69) is 228 Å². The average molecular weight is 866 g/mol. The minimum Gasteiger partial charge on any atom is -0.307 e. The highest BCUT2D eigenvalue weighted by atomic mass is 15.2. The standard InChI is InChI=1S/C63H39N5/c1-4-18-40(19-5-1)44-36-45(41-20-6-2-7-21-41)38-46(37-44)67-57-30-16-14-28-52(57)54-34-35-55-53-29-15-17-31-58(53)68(60(55)59(54)67)63-65-61(42-22-8-3-9-23-42)64-62(66-63)43-32-33-51-49-26-11-10-24-47(49)48-25-12-13-27-50(48)56(51)39-43/h1-39H. The Labute approximate surface area is 391 Å². The Balaban J connectivity index is 1.09. The Bertz CT molecular complexity index is 4210. The highest BCUT2D eigenvalue weighted by Crippen LogP contribution is 2.43. The molecule has 14 aromatic rings. The largest absolute Gasteiger partial charge is 0.307 e. The predicted octanol–water partition coefficient (Wildman–Crippen LogP) is 16.2. The average Bonchev–Trinajstić information content (AvgIpc) is 3.95. The highest BCUT2D eigenvalue weighted by Gasteiger charge is 2.24. The molecular weight excluding hydrogens is 827 g/mol. The molecule has 0 saturated carbocycles. The third-order valence-corrected chi connectivity index (χ3v) is 13.7. The van der Waals surface area contributed by atoms with E-state index in [0.717, 1.165) is 82.7 Å². The summed E-state index contributed by atoms with van der Waals surface area (Å²) in [5.74, 6) is 1.77. The number of benzene rings is 11. The van der Waals surface area contributed by atoms with Gasteiger partial charge in [0, 0.05) is 38.4 Å². The lowest BCUT2D eigenvalue weighted by Gasteiger charge is -2.16. The molecule has 316 valence electrons. The van der Waals surface area contributed by atoms with Crippen LogP contribution in [-0.2, 0) is 0 Å². The SMILES string of the molecule is c1ccc(-c2cc(-c3ccccc3)cc(-n3c4ccccc4c4ccc5c6ccccc6n(-c6nc(-c7ccccc7)nc(-c7ccc8c9ccccc9c9ccccc9c8c7)n6)c5c43)c2)cc1. The summed E-state index contributed by atoms with van der Waals surface area (Å²) in [6.07, 6.45) is 0. The molecule has 14 rings (SSSR count). The first-order valence-corrected chi connectivity index (χ1v) is 23.1. The summed E-state index contributed by atoms with van der Waals surface area (Å²) in [6.45, 7) is 0. The lowest BCUT2D eigenvalue weighted by molar-refractivity contribution is 0.953. The second kappa shape index (κ2) is 15.2. The van der Waals surface area contributed by atoms with Gasteiger partial charge >= 0.3 is 0 Å². The lowest BCUT2D eigenvalue weighted by Crippen LogP contribution is -2.07. The zero-order chi connectivity index (χ0) is 44.7. The van der Waals surface area contributed by atoms with Crippen LogP contribution >= 0.6 is 0 Å². The molecule has 11 aromatic carbocycles. The summed E-state index contributed by atoms with van der Waals surface area (Å²) in [5, 5.41) is 11.8. The molecule has 68 heavy (non-hydrogen) atoms. The fourth-order valence-corrected chi connectivity index (χ4v) is 10.7. The topological polar surface area (TPSA) is 48.5 Å². The minimum atomic E-state index is 0.552. The van der Waals surface area contributed by atoms with Crippen LogP contribution in [0.1, 0.15) is 0 Å². The molecule has 0 aliphatic rings. The van der Waals surface area contributed by atoms with E-state index in [1.54, 1.807) is 0 Å². The van der Waals surface area contributed by atoms with Gasteiger partial charge < -0.3 is 4.57 Å². The van der Waals surface area contributed by atoms with E-state index in [0.29, 0.717) is 17.6 Å². The van der Waals surface area contributed by atoms with Gasteiger partial charge in [-0.05, 0) is 91.0 Å². The summed E-state index contributed by atoms with van der Waals surface area (Å²) in [6, 6.07) is 84.7. The lowest BCUT2D eigenvalue weighted by atomic mass is 9.93. The van der Waals surface area contributed by atoms with Gasteiger partial charge in [-0.2, -0.15) is 9.97 Å². The maximum atomic E-state index is 5.52. The van der Waals surface area contributed by atoms with Gasteiger partial charge in [0.05, 0.1) is 22.1 Å². The number of hydrogen-bond acceptors (Lipinski definition) is 3. The molecule has 5 nitrogen and oxygen atoms in total. The Kier molecular flexibility index (Phi) is 8.52. The van der Waals surface area contributed by atoms with Crippen molar-refractivity contribution in [3.8, 4) is 56.7 Å². The summed E-state index contributed by atoms with van der Waals surface area (Å²) >= 11 is 0. The monoisotopic (exact) mass is 865 g/mol. The van der Waals surface area contributed by atoms with Crippen LogP contribution in [0.2, 0.25) is 0 Å². The second-order valence-corrected chi connectivity index (χ2v) is 17.6. The number of aromatic nitrogens is 5. The molecule has 0 bridgehead atoms. The van der Waals surface area contributed by atoms with Crippen LogP contribution in [0, 0.1) is 0 Å². The molecule has 0 amide bonds. The van der Waals surface area contributed by atoms with Crippen molar-refractivity contribution in [2.24, 2.45) is 0 Å². The van der Waals surface area contributed by atoms with E-state index in [9.17, 15) is 0 Å². The van der Waals surface area contributed by atoms with Crippen molar-refractivity contribution in [3.05, 3.63) is 237 Å². The molecule has 0 atom stereocenters. The van der Waals surface area contributed by atoms with Gasteiger partial charge in [0.25, 0.3) is 0 Å². The molecular formula is C63H39N5. The number of para-hydroxylation sites is 2. The Morgan fingerprint density at radius 1 is 0.235 bits per heavy atom. The first-order chi connectivity index (χ1) is 33.7. The van der Waals surface area contributed by atoms with Gasteiger partial charge in [0.15, 0.2) is 11.6 Å². The second-order valence-electron chi connectivity index (χ2n) is 17.6. The highest BCUT2D eigenvalue weighted by molar-refractivity contribution is 6.26. The fourth-order valence-electron chi connectivity index (χ4n) is 10.7. The number of fused-ring (bicyclic) bond motifs is 13. The third-order valence-electron chi connectivity index (χ3n) is 13.7. The van der Waals surface area contributed by atoms with Gasteiger partial charge in [0.2, 0.25) is 5.95 Å². The maximum Gasteiger partial charge on any atom is 0.238 e. The molecule has 0 spiro atoms. The molecule has 0 N–H and O–H groups in total. The number of hydrogen-bond donors (Lipinski definition) is 0. The summed E-state index contributed by atoms with van der Waals surface area (Å²) in [5.41, 5.74) is 11.8. The number of rotatable bonds is 6. The van der Waals surface area contributed by atoms with Crippen molar-refractivity contribution in [2.45, 2.75) is 0 Å². The Hall–Kier alpha value is -9.19. The van der Waals surface area contributed by atoms with Crippen LogP contribution in [0.5, 0.6) is 0 Å². The molecule has 0 fully saturated rings. The third kappa shape index (κ3) is 5.93. The van der Waals surface area contributed by atoms with Gasteiger partial charge in [-0.25, -0.2) is 4.98 Å². The van der Waals surface area contributed by atoms with Crippen LogP contribution in [0.15, 0.2) is 237 Å². The Morgan fingerprint density at radius 2 is 0.632 bits per heavy atom. The zero-order valence-corrected chi connectivity index (χ0v) is 36.8. The van der Waals surface area contributed by atoms with Crippen molar-refractivity contribution >= 4 is 75.9 Å². The van der Waals surface area contributed by atoms with Gasteiger partial charge in [-0.15, -0.1) is 0 Å². The fraction of sp³-hybridized carbons (Fsp3) is 0. The zero-order valence-electron chi connectivity index (χ0n) is 36.8. The van der Waals surface area contributed by atoms with Crippen molar-refractivity contribution < 1.29 is 0 Å². The van der Waals surface area contributed by atoms with E-state index in [4.69, 9.17) is 15.0 Å². The van der Waals surface area contributed by atoms with Gasteiger partial charge in [-0.1, -0.05) is 200 Å². The van der Waals surface area contributed by atoms with Crippen LogP contribution in [-0.4, -0.2) is 24.1 Å². The number of nitrogens with zero attached hydrogens (tertiary/aromatic N) is 5. The summed E-state index contributed by atoms with van der Waals surface area (Å²) in [7, 11) is 0. The van der Waals surface area contributed by atoms with E-state index < -0.39 is 0 Å². The van der Waals surface area contributed by atoms with E-state index >= 15 is 0 Å². The quantitative estimate of drug-likeness (QED) is 0.156. The summed E-state index contributed by atoms with van der Waals surface area (Å²) in [4.78, 5) is 16.2. The van der Waals surface area contributed by atoms with Crippen LogP contribution in [0.4, 0.5) is 0 Å². The van der Waals surface area contributed by atoms with Crippen molar-refractivity contribution in [1.29, 1.82) is 0 Å². The predicted molar refractivity (Wildman–Crippen MR) is 283 cm³/mol. The molecule has 3 aromatic heterocycles. The van der Waals surface area contributed by atoms with Gasteiger partial charge in [0.1, 0.15) is 0 Å². The van der Waals surface area contributed by atoms with Crippen LogP contribution < -0.4 is 0 Å². The molecule has 3 heterocycles. The summed E-state index contributed by atoms with van der Waals surface area (Å²) < 4.78 is 4.74. The van der Waals surface area contributed by atoms with Crippen LogP contribution in [0.3, 0.4) is 0 Å². The van der Waals surface area contributed by atoms with Crippen LogP contribution in [0.25, 0.3) is 133 Å².